The molecule has 1 fully saturated rings. The summed E-state index contributed by atoms with van der Waals surface area (Å²) in [5, 5.41) is 3.51. The van der Waals surface area contributed by atoms with Crippen molar-refractivity contribution >= 4 is 11.4 Å². The molecule has 1 N–H and O–H groups in total. The zero-order valence-electron chi connectivity index (χ0n) is 13.0. The Morgan fingerprint density at radius 1 is 1.24 bits per heavy atom. The molecule has 1 aromatic heterocycles. The van der Waals surface area contributed by atoms with E-state index in [-0.39, 0.29) is 0 Å². The molecule has 1 aliphatic rings. The van der Waals surface area contributed by atoms with Gasteiger partial charge in [0, 0.05) is 43.4 Å². The van der Waals surface area contributed by atoms with E-state index in [0.29, 0.717) is 0 Å². The molecular weight excluding hydrogens is 260 g/mol. The lowest BCUT2D eigenvalue weighted by Crippen LogP contribution is -2.17. The molecule has 0 saturated carbocycles. The summed E-state index contributed by atoms with van der Waals surface area (Å²) in [7, 11) is 0. The summed E-state index contributed by atoms with van der Waals surface area (Å²) in [5.74, 6) is 1.08. The first-order valence-corrected chi connectivity index (χ1v) is 7.87. The quantitative estimate of drug-likeness (QED) is 0.913. The lowest BCUT2D eigenvalue weighted by atomic mass is 10.1. The maximum atomic E-state index is 4.40. The Morgan fingerprint density at radius 3 is 2.76 bits per heavy atom. The lowest BCUT2D eigenvalue weighted by molar-refractivity contribution is 0.708. The van der Waals surface area contributed by atoms with E-state index < -0.39 is 0 Å². The van der Waals surface area contributed by atoms with E-state index in [9.17, 15) is 0 Å². The third-order valence-corrected chi connectivity index (χ3v) is 4.26. The van der Waals surface area contributed by atoms with Crippen molar-refractivity contribution in [2.24, 2.45) is 0 Å². The van der Waals surface area contributed by atoms with Gasteiger partial charge in [0.25, 0.3) is 0 Å². The summed E-state index contributed by atoms with van der Waals surface area (Å²) in [6, 6.07) is 6.72. The standard InChI is InChI=1S/C17H24N4/c1-3-20-11-8-18-17(20)13-19-16-7-6-15(12-14(16)2)21-9-4-5-10-21/h6-8,11-12,19H,3-5,9-10,13H2,1-2H3. The number of imidazole rings is 1. The molecule has 0 aliphatic carbocycles. The number of hydrogen-bond acceptors (Lipinski definition) is 3. The second-order valence-electron chi connectivity index (χ2n) is 5.68. The molecule has 0 unspecified atom stereocenters. The normalized spacial score (nSPS) is 14.7. The molecule has 0 bridgehead atoms. The summed E-state index contributed by atoms with van der Waals surface area (Å²) in [6.07, 6.45) is 6.53. The van der Waals surface area contributed by atoms with Gasteiger partial charge in [-0.25, -0.2) is 4.98 Å². The number of nitrogens with zero attached hydrogens (tertiary/aromatic N) is 3. The van der Waals surface area contributed by atoms with Gasteiger partial charge < -0.3 is 14.8 Å². The molecule has 0 atom stereocenters. The van der Waals surface area contributed by atoms with Crippen molar-refractivity contribution in [3.05, 3.63) is 42.0 Å². The van der Waals surface area contributed by atoms with E-state index in [0.717, 1.165) is 18.9 Å². The molecule has 3 rings (SSSR count). The van der Waals surface area contributed by atoms with E-state index in [1.165, 1.54) is 42.9 Å². The molecule has 0 amide bonds. The van der Waals surface area contributed by atoms with Gasteiger partial charge in [0.05, 0.1) is 6.54 Å². The van der Waals surface area contributed by atoms with Gasteiger partial charge in [-0.15, -0.1) is 0 Å². The lowest BCUT2D eigenvalue weighted by Gasteiger charge is -2.19. The Kier molecular flexibility index (Phi) is 4.13. The van der Waals surface area contributed by atoms with Crippen molar-refractivity contribution < 1.29 is 0 Å². The van der Waals surface area contributed by atoms with Gasteiger partial charge in [0.1, 0.15) is 5.82 Å². The number of nitrogens with one attached hydrogen (secondary N) is 1. The summed E-state index contributed by atoms with van der Waals surface area (Å²) in [5.41, 5.74) is 3.85. The van der Waals surface area contributed by atoms with Gasteiger partial charge in [-0.3, -0.25) is 0 Å². The fraction of sp³-hybridized carbons (Fsp3) is 0.471. The molecule has 1 aliphatic heterocycles. The van der Waals surface area contributed by atoms with E-state index >= 15 is 0 Å². The van der Waals surface area contributed by atoms with Crippen molar-refractivity contribution in [1.82, 2.24) is 9.55 Å². The number of aryl methyl sites for hydroxylation is 2. The van der Waals surface area contributed by atoms with Crippen molar-refractivity contribution in [3.8, 4) is 0 Å². The highest BCUT2D eigenvalue weighted by Gasteiger charge is 2.13. The minimum atomic E-state index is 0.769. The topological polar surface area (TPSA) is 33.1 Å². The van der Waals surface area contributed by atoms with Crippen LogP contribution in [0.3, 0.4) is 0 Å². The van der Waals surface area contributed by atoms with Crippen LogP contribution >= 0.6 is 0 Å². The van der Waals surface area contributed by atoms with E-state index in [2.05, 4.69) is 51.8 Å². The monoisotopic (exact) mass is 284 g/mol. The van der Waals surface area contributed by atoms with Crippen LogP contribution in [0.1, 0.15) is 31.2 Å². The van der Waals surface area contributed by atoms with Gasteiger partial charge in [0.2, 0.25) is 0 Å². The summed E-state index contributed by atoms with van der Waals surface area (Å²) in [4.78, 5) is 6.88. The van der Waals surface area contributed by atoms with Crippen LogP contribution in [-0.2, 0) is 13.1 Å². The molecule has 112 valence electrons. The SMILES string of the molecule is CCn1ccnc1CNc1ccc(N2CCCC2)cc1C. The molecule has 0 radical (unpaired) electrons. The fourth-order valence-corrected chi connectivity index (χ4v) is 2.99. The highest BCUT2D eigenvalue weighted by atomic mass is 15.1. The zero-order valence-corrected chi connectivity index (χ0v) is 13.0. The Balaban J connectivity index is 1.68. The van der Waals surface area contributed by atoms with Crippen LogP contribution in [-0.4, -0.2) is 22.6 Å². The molecule has 2 heterocycles. The van der Waals surface area contributed by atoms with Crippen molar-refractivity contribution in [1.29, 1.82) is 0 Å². The fourth-order valence-electron chi connectivity index (χ4n) is 2.99. The summed E-state index contributed by atoms with van der Waals surface area (Å²) < 4.78 is 2.17. The van der Waals surface area contributed by atoms with Crippen molar-refractivity contribution in [2.45, 2.75) is 39.8 Å². The first-order chi connectivity index (χ1) is 10.3. The molecule has 0 spiro atoms. The van der Waals surface area contributed by atoms with Gasteiger partial charge in [-0.1, -0.05) is 0 Å². The average Bonchev–Trinajstić information content (AvgIpc) is 3.17. The van der Waals surface area contributed by atoms with E-state index in [4.69, 9.17) is 0 Å². The number of hydrogen-bond donors (Lipinski definition) is 1. The Labute approximate surface area is 126 Å². The maximum Gasteiger partial charge on any atom is 0.128 e. The van der Waals surface area contributed by atoms with Crippen molar-refractivity contribution in [2.75, 3.05) is 23.3 Å². The largest absolute Gasteiger partial charge is 0.378 e. The summed E-state index contributed by atoms with van der Waals surface area (Å²) in [6.45, 7) is 8.43. The predicted molar refractivity (Wildman–Crippen MR) is 87.9 cm³/mol. The van der Waals surface area contributed by atoms with Crippen LogP contribution < -0.4 is 10.2 Å². The highest BCUT2D eigenvalue weighted by Crippen LogP contribution is 2.25. The van der Waals surface area contributed by atoms with Crippen molar-refractivity contribution in [3.63, 3.8) is 0 Å². The molecule has 4 nitrogen and oxygen atoms in total. The second-order valence-corrected chi connectivity index (χ2v) is 5.68. The number of aromatic nitrogens is 2. The number of benzene rings is 1. The molecule has 1 aromatic carbocycles. The molecule has 4 heteroatoms. The Bertz CT molecular complexity index is 597. The first-order valence-electron chi connectivity index (χ1n) is 7.87. The van der Waals surface area contributed by atoms with Gasteiger partial charge in [-0.05, 0) is 50.5 Å². The van der Waals surface area contributed by atoms with Crippen LogP contribution in [0, 0.1) is 6.92 Å². The van der Waals surface area contributed by atoms with Crippen LogP contribution in [0.5, 0.6) is 0 Å². The third-order valence-electron chi connectivity index (χ3n) is 4.26. The van der Waals surface area contributed by atoms with E-state index in [1.807, 2.05) is 12.4 Å². The van der Waals surface area contributed by atoms with Crippen LogP contribution in [0.4, 0.5) is 11.4 Å². The van der Waals surface area contributed by atoms with Gasteiger partial charge in [-0.2, -0.15) is 0 Å². The van der Waals surface area contributed by atoms with E-state index in [1.54, 1.807) is 0 Å². The highest BCUT2D eigenvalue weighted by molar-refractivity contribution is 5.60. The first kappa shape index (κ1) is 14.0. The molecule has 21 heavy (non-hydrogen) atoms. The maximum absolute atomic E-state index is 4.40. The molecule has 1 saturated heterocycles. The van der Waals surface area contributed by atoms with Gasteiger partial charge in [0.15, 0.2) is 0 Å². The predicted octanol–water partition coefficient (Wildman–Crippen LogP) is 3.42. The molecule has 2 aromatic rings. The minimum Gasteiger partial charge on any atom is -0.378 e. The van der Waals surface area contributed by atoms with Crippen LogP contribution in [0.25, 0.3) is 0 Å². The Morgan fingerprint density at radius 2 is 2.05 bits per heavy atom. The summed E-state index contributed by atoms with van der Waals surface area (Å²) >= 11 is 0. The number of anilines is 2. The Hall–Kier alpha value is -1.97. The van der Waals surface area contributed by atoms with Crippen LogP contribution in [0.15, 0.2) is 30.6 Å². The molecular formula is C17H24N4. The van der Waals surface area contributed by atoms with Gasteiger partial charge >= 0.3 is 0 Å². The third kappa shape index (κ3) is 3.04. The zero-order chi connectivity index (χ0) is 14.7. The van der Waals surface area contributed by atoms with Crippen LogP contribution in [0.2, 0.25) is 0 Å². The minimum absolute atomic E-state index is 0.769. The average molecular weight is 284 g/mol. The smallest absolute Gasteiger partial charge is 0.128 e. The number of rotatable bonds is 5. The second kappa shape index (κ2) is 6.20.